The van der Waals surface area contributed by atoms with Gasteiger partial charge in [0.2, 0.25) is 0 Å². The predicted octanol–water partition coefficient (Wildman–Crippen LogP) is 2.20. The lowest BCUT2D eigenvalue weighted by molar-refractivity contribution is 0.0484. The van der Waals surface area contributed by atoms with Gasteiger partial charge in [-0.15, -0.1) is 0 Å². The molecule has 18 heavy (non-hydrogen) atoms. The zero-order valence-electron chi connectivity index (χ0n) is 10.9. The molecule has 1 heterocycles. The Morgan fingerprint density at radius 2 is 2.06 bits per heavy atom. The van der Waals surface area contributed by atoms with E-state index in [-0.39, 0.29) is 6.10 Å². The zero-order chi connectivity index (χ0) is 12.3. The van der Waals surface area contributed by atoms with Crippen LogP contribution in [0.3, 0.4) is 0 Å². The summed E-state index contributed by atoms with van der Waals surface area (Å²) < 4.78 is 0. The van der Waals surface area contributed by atoms with E-state index in [1.54, 1.807) is 0 Å². The van der Waals surface area contributed by atoms with Crippen LogP contribution in [0.5, 0.6) is 0 Å². The molecule has 1 aliphatic heterocycles. The summed E-state index contributed by atoms with van der Waals surface area (Å²) in [6, 6.07) is 9.10. The average Bonchev–Trinajstić information content (AvgIpc) is 2.94. The lowest BCUT2D eigenvalue weighted by Crippen LogP contribution is -2.40. The number of likely N-dealkylation sites (tertiary alicyclic amines) is 1. The summed E-state index contributed by atoms with van der Waals surface area (Å²) >= 11 is 0. The molecule has 1 aromatic rings. The van der Waals surface area contributed by atoms with Crippen LogP contribution in [0.25, 0.3) is 0 Å². The van der Waals surface area contributed by atoms with Gasteiger partial charge >= 0.3 is 0 Å². The fourth-order valence-electron chi connectivity index (χ4n) is 4.73. The maximum absolute atomic E-state index is 10.4. The van der Waals surface area contributed by atoms with Gasteiger partial charge in [-0.1, -0.05) is 24.3 Å². The number of aliphatic hydroxyl groups is 1. The van der Waals surface area contributed by atoms with Crippen LogP contribution in [0.4, 0.5) is 0 Å². The molecule has 2 nitrogen and oxygen atoms in total. The van der Waals surface area contributed by atoms with Crippen molar-refractivity contribution in [2.45, 2.75) is 38.5 Å². The third kappa shape index (κ3) is 1.42. The van der Waals surface area contributed by atoms with Gasteiger partial charge in [0.15, 0.2) is 0 Å². The molecule has 1 aromatic carbocycles. The van der Waals surface area contributed by atoms with Crippen LogP contribution in [0.2, 0.25) is 0 Å². The van der Waals surface area contributed by atoms with Gasteiger partial charge in [0, 0.05) is 19.1 Å². The first-order valence-corrected chi connectivity index (χ1v) is 7.20. The molecule has 0 radical (unpaired) electrons. The summed E-state index contributed by atoms with van der Waals surface area (Å²) in [5.74, 6) is 2.26. The number of fused-ring (bicyclic) bond motifs is 1. The highest BCUT2D eigenvalue weighted by atomic mass is 16.3. The van der Waals surface area contributed by atoms with Crippen molar-refractivity contribution in [1.82, 2.24) is 4.90 Å². The Balaban J connectivity index is 1.59. The van der Waals surface area contributed by atoms with Crippen molar-refractivity contribution in [3.05, 3.63) is 35.4 Å². The molecule has 4 rings (SSSR count). The molecule has 5 unspecified atom stereocenters. The first kappa shape index (κ1) is 11.0. The Labute approximate surface area is 109 Å². The molecule has 3 fully saturated rings. The van der Waals surface area contributed by atoms with E-state index in [0.717, 1.165) is 18.4 Å². The highest BCUT2D eigenvalue weighted by molar-refractivity contribution is 5.26. The van der Waals surface area contributed by atoms with Crippen molar-refractivity contribution in [1.29, 1.82) is 0 Å². The Morgan fingerprint density at radius 1 is 1.22 bits per heavy atom. The first-order chi connectivity index (χ1) is 8.74. The zero-order valence-corrected chi connectivity index (χ0v) is 10.9. The molecule has 0 amide bonds. The highest BCUT2D eigenvalue weighted by Gasteiger charge is 2.58. The summed E-state index contributed by atoms with van der Waals surface area (Å²) in [7, 11) is 0. The van der Waals surface area contributed by atoms with Gasteiger partial charge in [0.05, 0.1) is 6.10 Å². The third-order valence-corrected chi connectivity index (χ3v) is 5.58. The lowest BCUT2D eigenvalue weighted by Gasteiger charge is -2.29. The summed E-state index contributed by atoms with van der Waals surface area (Å²) in [6.07, 6.45) is 2.49. The van der Waals surface area contributed by atoms with Crippen LogP contribution in [0.1, 0.15) is 24.0 Å². The van der Waals surface area contributed by atoms with E-state index in [2.05, 4.69) is 36.1 Å². The number of nitrogens with zero attached hydrogens (tertiary/aromatic N) is 1. The quantitative estimate of drug-likeness (QED) is 0.860. The Hall–Kier alpha value is -0.860. The van der Waals surface area contributed by atoms with Gasteiger partial charge < -0.3 is 5.11 Å². The van der Waals surface area contributed by atoms with Gasteiger partial charge in [-0.25, -0.2) is 0 Å². The molecule has 3 aliphatic rings. The average molecular weight is 243 g/mol. The van der Waals surface area contributed by atoms with Crippen LogP contribution >= 0.6 is 0 Å². The van der Waals surface area contributed by atoms with Crippen LogP contribution in [-0.4, -0.2) is 28.7 Å². The highest BCUT2D eigenvalue weighted by Crippen LogP contribution is 2.55. The maximum Gasteiger partial charge on any atom is 0.0726 e. The molecule has 0 spiro atoms. The summed E-state index contributed by atoms with van der Waals surface area (Å²) in [5.41, 5.74) is 2.80. The van der Waals surface area contributed by atoms with Crippen molar-refractivity contribution < 1.29 is 5.11 Å². The van der Waals surface area contributed by atoms with Gasteiger partial charge in [0.25, 0.3) is 0 Å². The number of hydrogen-bond acceptors (Lipinski definition) is 2. The van der Waals surface area contributed by atoms with Gasteiger partial charge in [0.1, 0.15) is 0 Å². The SMILES string of the molecule is Cc1ccccc1CN1CC2CC3CC2C1C3O. The lowest BCUT2D eigenvalue weighted by atomic mass is 9.88. The van der Waals surface area contributed by atoms with Crippen molar-refractivity contribution >= 4 is 0 Å². The van der Waals surface area contributed by atoms with Gasteiger partial charge in [-0.05, 0) is 48.6 Å². The largest absolute Gasteiger partial charge is 0.391 e. The van der Waals surface area contributed by atoms with E-state index in [0.29, 0.717) is 12.0 Å². The number of hydrogen-bond donors (Lipinski definition) is 1. The second-order valence-electron chi connectivity index (χ2n) is 6.49. The van der Waals surface area contributed by atoms with E-state index >= 15 is 0 Å². The predicted molar refractivity (Wildman–Crippen MR) is 71.1 cm³/mol. The molecule has 2 saturated carbocycles. The van der Waals surface area contributed by atoms with Crippen molar-refractivity contribution in [2.75, 3.05) is 6.54 Å². The first-order valence-electron chi connectivity index (χ1n) is 7.20. The van der Waals surface area contributed by atoms with Crippen molar-refractivity contribution in [3.8, 4) is 0 Å². The van der Waals surface area contributed by atoms with E-state index < -0.39 is 0 Å². The number of benzene rings is 1. The molecule has 96 valence electrons. The smallest absolute Gasteiger partial charge is 0.0726 e. The van der Waals surface area contributed by atoms with E-state index in [1.807, 2.05) is 0 Å². The summed E-state index contributed by atoms with van der Waals surface area (Å²) in [4.78, 5) is 2.55. The maximum atomic E-state index is 10.4. The van der Waals surface area contributed by atoms with Crippen LogP contribution < -0.4 is 0 Å². The summed E-state index contributed by atoms with van der Waals surface area (Å²) in [6.45, 7) is 4.42. The number of aryl methyl sites for hydroxylation is 1. The Bertz CT molecular complexity index is 470. The van der Waals surface area contributed by atoms with E-state index in [1.165, 1.54) is 30.5 Å². The monoisotopic (exact) mass is 243 g/mol. The molecular formula is C16H21NO. The van der Waals surface area contributed by atoms with Crippen molar-refractivity contribution in [3.63, 3.8) is 0 Å². The van der Waals surface area contributed by atoms with Gasteiger partial charge in [-0.2, -0.15) is 0 Å². The topological polar surface area (TPSA) is 23.5 Å². The Kier molecular flexibility index (Phi) is 2.33. The fourth-order valence-corrected chi connectivity index (χ4v) is 4.73. The van der Waals surface area contributed by atoms with Crippen LogP contribution in [0.15, 0.2) is 24.3 Å². The Morgan fingerprint density at radius 3 is 2.83 bits per heavy atom. The number of aliphatic hydroxyl groups excluding tert-OH is 1. The minimum Gasteiger partial charge on any atom is -0.391 e. The third-order valence-electron chi connectivity index (χ3n) is 5.58. The normalized spacial score (nSPS) is 41.8. The molecular weight excluding hydrogens is 222 g/mol. The molecule has 2 heteroatoms. The van der Waals surface area contributed by atoms with E-state index in [4.69, 9.17) is 0 Å². The molecule has 2 bridgehead atoms. The molecule has 1 N–H and O–H groups in total. The molecule has 2 aliphatic carbocycles. The second kappa shape index (κ2) is 3.82. The fraction of sp³-hybridized carbons (Fsp3) is 0.625. The standard InChI is InChI=1S/C16H21NO/c1-10-4-2-3-5-11(10)8-17-9-13-6-12-7-14(13)15(17)16(12)18/h2-5,12-16,18H,6-9H2,1H3. The van der Waals surface area contributed by atoms with Crippen molar-refractivity contribution in [2.24, 2.45) is 17.8 Å². The minimum atomic E-state index is -0.0576. The van der Waals surface area contributed by atoms with Gasteiger partial charge in [-0.3, -0.25) is 4.90 Å². The minimum absolute atomic E-state index is 0.0576. The van der Waals surface area contributed by atoms with E-state index in [9.17, 15) is 5.11 Å². The number of rotatable bonds is 2. The molecule has 0 aromatic heterocycles. The van der Waals surface area contributed by atoms with Crippen LogP contribution in [0, 0.1) is 24.7 Å². The summed E-state index contributed by atoms with van der Waals surface area (Å²) in [5, 5.41) is 10.4. The molecule has 1 saturated heterocycles. The molecule has 5 atom stereocenters. The second-order valence-corrected chi connectivity index (χ2v) is 6.49. The van der Waals surface area contributed by atoms with Crippen LogP contribution in [-0.2, 0) is 6.54 Å².